The molecule has 196 valence electrons. The molecule has 0 radical (unpaired) electrons. The second kappa shape index (κ2) is 14.0. The van der Waals surface area contributed by atoms with Crippen LogP contribution < -0.4 is 10.1 Å². The van der Waals surface area contributed by atoms with Crippen LogP contribution in [0.2, 0.25) is 0 Å². The number of carbonyl (C=O) groups is 2. The molecular formula is C31H37BrN2O3. The highest BCUT2D eigenvalue weighted by molar-refractivity contribution is 9.10. The maximum absolute atomic E-state index is 13.7. The third kappa shape index (κ3) is 8.74. The van der Waals surface area contributed by atoms with E-state index in [-0.39, 0.29) is 18.4 Å². The Morgan fingerprint density at radius 3 is 2.32 bits per heavy atom. The van der Waals surface area contributed by atoms with Crippen molar-refractivity contribution in [2.45, 2.75) is 53.1 Å². The van der Waals surface area contributed by atoms with Gasteiger partial charge in [-0.1, -0.05) is 87.0 Å². The third-order valence-electron chi connectivity index (χ3n) is 6.15. The van der Waals surface area contributed by atoms with Crippen LogP contribution in [0.3, 0.4) is 0 Å². The van der Waals surface area contributed by atoms with Gasteiger partial charge in [-0.2, -0.15) is 0 Å². The maximum Gasteiger partial charge on any atom is 0.261 e. The molecule has 2 amide bonds. The Morgan fingerprint density at radius 2 is 1.68 bits per heavy atom. The zero-order valence-corrected chi connectivity index (χ0v) is 23.8. The lowest BCUT2D eigenvalue weighted by Crippen LogP contribution is -2.52. The topological polar surface area (TPSA) is 58.6 Å². The summed E-state index contributed by atoms with van der Waals surface area (Å²) in [7, 11) is 0. The predicted molar refractivity (Wildman–Crippen MR) is 153 cm³/mol. The number of amides is 2. The Balaban J connectivity index is 1.90. The summed E-state index contributed by atoms with van der Waals surface area (Å²) >= 11 is 3.55. The van der Waals surface area contributed by atoms with Crippen LogP contribution in [0, 0.1) is 12.8 Å². The number of halogens is 1. The fourth-order valence-corrected chi connectivity index (χ4v) is 4.63. The van der Waals surface area contributed by atoms with Gasteiger partial charge in [-0.15, -0.1) is 0 Å². The van der Waals surface area contributed by atoms with Crippen molar-refractivity contribution in [1.29, 1.82) is 0 Å². The van der Waals surface area contributed by atoms with E-state index < -0.39 is 6.04 Å². The van der Waals surface area contributed by atoms with Gasteiger partial charge in [-0.3, -0.25) is 9.59 Å². The second-order valence-electron chi connectivity index (χ2n) is 9.76. The molecule has 3 aromatic rings. The second-order valence-corrected chi connectivity index (χ2v) is 10.6. The molecule has 6 heteroatoms. The van der Waals surface area contributed by atoms with E-state index in [2.05, 4.69) is 42.0 Å². The van der Waals surface area contributed by atoms with Crippen LogP contribution in [-0.2, 0) is 29.0 Å². The smallest absolute Gasteiger partial charge is 0.261 e. The van der Waals surface area contributed by atoms with E-state index in [1.165, 1.54) is 5.56 Å². The monoisotopic (exact) mass is 564 g/mol. The van der Waals surface area contributed by atoms with E-state index in [1.807, 2.05) is 79.7 Å². The lowest BCUT2D eigenvalue weighted by molar-refractivity contribution is -0.142. The van der Waals surface area contributed by atoms with E-state index in [4.69, 9.17) is 4.74 Å². The van der Waals surface area contributed by atoms with Crippen LogP contribution in [0.25, 0.3) is 0 Å². The minimum atomic E-state index is -0.677. The number of aryl methyl sites for hydroxylation is 2. The van der Waals surface area contributed by atoms with Gasteiger partial charge < -0.3 is 15.0 Å². The summed E-state index contributed by atoms with van der Waals surface area (Å²) in [4.78, 5) is 28.9. The number of rotatable bonds is 12. The minimum absolute atomic E-state index is 0.160. The molecule has 0 saturated carbocycles. The molecule has 0 fully saturated rings. The van der Waals surface area contributed by atoms with E-state index in [0.29, 0.717) is 31.2 Å². The molecule has 0 saturated heterocycles. The Labute approximate surface area is 229 Å². The first-order chi connectivity index (χ1) is 17.8. The van der Waals surface area contributed by atoms with Gasteiger partial charge >= 0.3 is 0 Å². The van der Waals surface area contributed by atoms with Gasteiger partial charge in [0.2, 0.25) is 5.91 Å². The fourth-order valence-electron chi connectivity index (χ4n) is 4.09. The van der Waals surface area contributed by atoms with Crippen LogP contribution in [0.4, 0.5) is 0 Å². The average molecular weight is 566 g/mol. The first-order valence-electron chi connectivity index (χ1n) is 12.8. The summed E-state index contributed by atoms with van der Waals surface area (Å²) in [6.45, 7) is 8.91. The molecule has 1 N–H and O–H groups in total. The van der Waals surface area contributed by atoms with Crippen molar-refractivity contribution < 1.29 is 14.3 Å². The summed E-state index contributed by atoms with van der Waals surface area (Å²) in [6.07, 6.45) is 1.33. The number of nitrogens with zero attached hydrogens (tertiary/aromatic N) is 1. The van der Waals surface area contributed by atoms with Crippen molar-refractivity contribution in [1.82, 2.24) is 10.2 Å². The van der Waals surface area contributed by atoms with Crippen LogP contribution in [-0.4, -0.2) is 35.9 Å². The predicted octanol–water partition coefficient (Wildman–Crippen LogP) is 6.11. The number of nitrogens with one attached hydrogen (secondary N) is 1. The highest BCUT2D eigenvalue weighted by Crippen LogP contribution is 2.26. The van der Waals surface area contributed by atoms with E-state index in [1.54, 1.807) is 4.90 Å². The molecular weight excluding hydrogens is 528 g/mol. The summed E-state index contributed by atoms with van der Waals surface area (Å²) in [6, 6.07) is 23.0. The number of carbonyl (C=O) groups excluding carboxylic acids is 2. The van der Waals surface area contributed by atoms with Crippen LogP contribution >= 0.6 is 15.9 Å². The first kappa shape index (κ1) is 28.5. The van der Waals surface area contributed by atoms with Gasteiger partial charge in [0.05, 0.1) is 4.47 Å². The van der Waals surface area contributed by atoms with Crippen LogP contribution in [0.1, 0.15) is 43.0 Å². The molecule has 0 aliphatic heterocycles. The number of hydrogen-bond acceptors (Lipinski definition) is 3. The number of hydrogen-bond donors (Lipinski definition) is 1. The molecule has 37 heavy (non-hydrogen) atoms. The average Bonchev–Trinajstić information content (AvgIpc) is 2.89. The molecule has 5 nitrogen and oxygen atoms in total. The normalized spacial score (nSPS) is 11.7. The number of ether oxygens (including phenoxy) is 1. The maximum atomic E-state index is 13.7. The molecule has 0 aromatic heterocycles. The Bertz CT molecular complexity index is 1180. The molecule has 0 aliphatic rings. The molecule has 0 unspecified atom stereocenters. The van der Waals surface area contributed by atoms with Gasteiger partial charge in [-0.05, 0) is 64.0 Å². The zero-order chi connectivity index (χ0) is 26.8. The van der Waals surface area contributed by atoms with Crippen molar-refractivity contribution >= 4 is 27.7 Å². The molecule has 3 aromatic carbocycles. The molecule has 0 bridgehead atoms. The third-order valence-corrected chi connectivity index (χ3v) is 6.77. The van der Waals surface area contributed by atoms with Crippen LogP contribution in [0.5, 0.6) is 5.75 Å². The molecule has 0 aliphatic carbocycles. The largest absolute Gasteiger partial charge is 0.483 e. The van der Waals surface area contributed by atoms with Crippen molar-refractivity contribution in [3.05, 3.63) is 99.5 Å². The van der Waals surface area contributed by atoms with Crippen molar-refractivity contribution in [3.8, 4) is 5.75 Å². The summed E-state index contributed by atoms with van der Waals surface area (Å²) in [5, 5.41) is 3.05. The Morgan fingerprint density at radius 1 is 0.946 bits per heavy atom. The van der Waals surface area contributed by atoms with E-state index >= 15 is 0 Å². The number of benzene rings is 3. The van der Waals surface area contributed by atoms with Gasteiger partial charge in [0.25, 0.3) is 5.91 Å². The lowest BCUT2D eigenvalue weighted by Gasteiger charge is -2.32. The van der Waals surface area contributed by atoms with Crippen molar-refractivity contribution in [3.63, 3.8) is 0 Å². The molecule has 0 spiro atoms. The highest BCUT2D eigenvalue weighted by Gasteiger charge is 2.31. The Kier molecular flexibility index (Phi) is 10.8. The molecule has 1 atom stereocenters. The zero-order valence-electron chi connectivity index (χ0n) is 22.2. The standard InChI is InChI=1S/C31H37BrN2O3/c1-5-24-14-15-29(27(32)17-24)37-21-30(35)34(20-26-13-9-10-23(4)16-26)28(31(36)33-19-22(2)3)18-25-11-7-6-8-12-25/h6-17,22,28H,5,18-21H2,1-4H3,(H,33,36)/t28-/m0/s1. The van der Waals surface area contributed by atoms with Gasteiger partial charge in [0.15, 0.2) is 6.61 Å². The SMILES string of the molecule is CCc1ccc(OCC(=O)N(Cc2cccc(C)c2)[C@@H](Cc2ccccc2)C(=O)NCC(C)C)c(Br)c1. The summed E-state index contributed by atoms with van der Waals surface area (Å²) in [5.41, 5.74) is 4.24. The summed E-state index contributed by atoms with van der Waals surface area (Å²) in [5.74, 6) is 0.500. The fraction of sp³-hybridized carbons (Fsp3) is 0.355. The van der Waals surface area contributed by atoms with Gasteiger partial charge in [-0.25, -0.2) is 0 Å². The first-order valence-corrected chi connectivity index (χ1v) is 13.6. The van der Waals surface area contributed by atoms with E-state index in [9.17, 15) is 9.59 Å². The molecule has 0 heterocycles. The highest BCUT2D eigenvalue weighted by atomic mass is 79.9. The molecule has 3 rings (SSSR count). The quantitative estimate of drug-likeness (QED) is 0.288. The van der Waals surface area contributed by atoms with E-state index in [0.717, 1.165) is 27.6 Å². The minimum Gasteiger partial charge on any atom is -0.483 e. The lowest BCUT2D eigenvalue weighted by atomic mass is 10.0. The van der Waals surface area contributed by atoms with Gasteiger partial charge in [0.1, 0.15) is 11.8 Å². The Hall–Kier alpha value is -3.12. The van der Waals surface area contributed by atoms with Gasteiger partial charge in [0, 0.05) is 19.5 Å². The van der Waals surface area contributed by atoms with Crippen LogP contribution in [0.15, 0.2) is 77.3 Å². The summed E-state index contributed by atoms with van der Waals surface area (Å²) < 4.78 is 6.75. The van der Waals surface area contributed by atoms with Crippen molar-refractivity contribution in [2.75, 3.05) is 13.2 Å². The van der Waals surface area contributed by atoms with Crippen molar-refractivity contribution in [2.24, 2.45) is 5.92 Å².